The largest absolute Gasteiger partial charge is 0.343 e. The minimum absolute atomic E-state index is 0.211. The van der Waals surface area contributed by atoms with Crippen LogP contribution >= 0.6 is 23.2 Å². The number of benzene rings is 3. The molecule has 0 saturated heterocycles. The number of rotatable bonds is 7. The van der Waals surface area contributed by atoms with Gasteiger partial charge in [-0.15, -0.1) is 0 Å². The number of para-hydroxylation sites is 1. The SMILES string of the molecule is Fc1ccc(Cn2cc(CNCCc3ccc(Cl)cc3Cl)c3ccccc32)cc1. The van der Waals surface area contributed by atoms with Gasteiger partial charge in [0.1, 0.15) is 5.82 Å². The highest BCUT2D eigenvalue weighted by Gasteiger charge is 2.09. The number of aromatic nitrogens is 1. The molecule has 0 unspecified atom stereocenters. The molecule has 0 radical (unpaired) electrons. The molecule has 0 aliphatic heterocycles. The van der Waals surface area contributed by atoms with Crippen LogP contribution in [0.5, 0.6) is 0 Å². The molecule has 4 rings (SSSR count). The molecule has 3 aromatic carbocycles. The normalized spacial score (nSPS) is 11.3. The molecule has 0 aliphatic carbocycles. The number of nitrogens with one attached hydrogen (secondary N) is 1. The Balaban J connectivity index is 1.45. The van der Waals surface area contributed by atoms with Crippen molar-refractivity contribution < 1.29 is 4.39 Å². The minimum Gasteiger partial charge on any atom is -0.343 e. The average Bonchev–Trinajstić information content (AvgIpc) is 3.06. The van der Waals surface area contributed by atoms with Crippen LogP contribution in [-0.4, -0.2) is 11.1 Å². The summed E-state index contributed by atoms with van der Waals surface area (Å²) in [6.45, 7) is 2.29. The smallest absolute Gasteiger partial charge is 0.123 e. The zero-order valence-electron chi connectivity index (χ0n) is 15.8. The fraction of sp³-hybridized carbons (Fsp3) is 0.167. The molecule has 5 heteroatoms. The summed E-state index contributed by atoms with van der Waals surface area (Å²) in [6, 6.07) is 20.7. The first-order chi connectivity index (χ1) is 14.1. The van der Waals surface area contributed by atoms with E-state index in [1.165, 1.54) is 28.6 Å². The van der Waals surface area contributed by atoms with Crippen molar-refractivity contribution >= 4 is 34.1 Å². The summed E-state index contributed by atoms with van der Waals surface area (Å²) in [5.74, 6) is -0.211. The van der Waals surface area contributed by atoms with Gasteiger partial charge in [0, 0.05) is 40.2 Å². The second-order valence-corrected chi connectivity index (χ2v) is 7.93. The second kappa shape index (κ2) is 9.00. The molecule has 1 heterocycles. The molecule has 0 fully saturated rings. The van der Waals surface area contributed by atoms with Gasteiger partial charge < -0.3 is 9.88 Å². The van der Waals surface area contributed by atoms with Crippen LogP contribution in [0.1, 0.15) is 16.7 Å². The van der Waals surface area contributed by atoms with Gasteiger partial charge >= 0.3 is 0 Å². The van der Waals surface area contributed by atoms with Gasteiger partial charge in [0.15, 0.2) is 0 Å². The van der Waals surface area contributed by atoms with Crippen LogP contribution in [0.15, 0.2) is 72.9 Å². The van der Waals surface area contributed by atoms with Crippen molar-refractivity contribution in [1.29, 1.82) is 0 Å². The molecule has 2 nitrogen and oxygen atoms in total. The lowest BCUT2D eigenvalue weighted by molar-refractivity contribution is 0.626. The standard InChI is InChI=1S/C24H21Cl2FN2/c25-20-8-7-18(23(26)13-20)11-12-28-14-19-16-29(24-4-2-1-3-22(19)24)15-17-5-9-21(27)10-6-17/h1-10,13,16,28H,11-12,14-15H2. The quantitative estimate of drug-likeness (QED) is 0.335. The Kier molecular flexibility index (Phi) is 6.19. The van der Waals surface area contributed by atoms with E-state index in [-0.39, 0.29) is 5.82 Å². The number of halogens is 3. The van der Waals surface area contributed by atoms with E-state index in [9.17, 15) is 4.39 Å². The third kappa shape index (κ3) is 4.81. The molecule has 0 aliphatic rings. The maximum absolute atomic E-state index is 13.2. The topological polar surface area (TPSA) is 17.0 Å². The van der Waals surface area contributed by atoms with Gasteiger partial charge in [0.25, 0.3) is 0 Å². The van der Waals surface area contributed by atoms with Crippen LogP contribution in [0, 0.1) is 5.82 Å². The van der Waals surface area contributed by atoms with E-state index < -0.39 is 0 Å². The molecule has 0 atom stereocenters. The first-order valence-corrected chi connectivity index (χ1v) is 10.3. The Morgan fingerprint density at radius 2 is 1.69 bits per heavy atom. The zero-order chi connectivity index (χ0) is 20.2. The lowest BCUT2D eigenvalue weighted by Crippen LogP contribution is -2.16. The fourth-order valence-corrected chi connectivity index (χ4v) is 4.05. The first-order valence-electron chi connectivity index (χ1n) is 9.56. The summed E-state index contributed by atoms with van der Waals surface area (Å²) in [7, 11) is 0. The molecule has 0 spiro atoms. The van der Waals surface area contributed by atoms with Crippen molar-refractivity contribution in [2.75, 3.05) is 6.54 Å². The van der Waals surface area contributed by atoms with Gasteiger partial charge in [0.05, 0.1) is 0 Å². The van der Waals surface area contributed by atoms with Crippen molar-refractivity contribution in [3.05, 3.63) is 105 Å². The first kappa shape index (κ1) is 20.0. The third-order valence-electron chi connectivity index (χ3n) is 5.04. The van der Waals surface area contributed by atoms with Gasteiger partial charge in [0.2, 0.25) is 0 Å². The van der Waals surface area contributed by atoms with Gasteiger partial charge in [-0.05, 0) is 60.0 Å². The predicted molar refractivity (Wildman–Crippen MR) is 119 cm³/mol. The van der Waals surface area contributed by atoms with Crippen LogP contribution in [0.2, 0.25) is 10.0 Å². The van der Waals surface area contributed by atoms with Crippen LogP contribution < -0.4 is 5.32 Å². The molecule has 0 saturated carbocycles. The summed E-state index contributed by atoms with van der Waals surface area (Å²) in [6.07, 6.45) is 3.01. The third-order valence-corrected chi connectivity index (χ3v) is 5.63. The van der Waals surface area contributed by atoms with E-state index in [0.29, 0.717) is 16.6 Å². The van der Waals surface area contributed by atoms with Crippen LogP contribution in [-0.2, 0) is 19.5 Å². The van der Waals surface area contributed by atoms with Crippen molar-refractivity contribution in [2.45, 2.75) is 19.5 Å². The average molecular weight is 427 g/mol. The molecular formula is C24H21Cl2FN2. The van der Waals surface area contributed by atoms with Crippen LogP contribution in [0.25, 0.3) is 10.9 Å². The Morgan fingerprint density at radius 3 is 2.48 bits per heavy atom. The van der Waals surface area contributed by atoms with E-state index in [1.54, 1.807) is 6.07 Å². The molecule has 1 aromatic heterocycles. The van der Waals surface area contributed by atoms with E-state index in [4.69, 9.17) is 23.2 Å². The summed E-state index contributed by atoms with van der Waals surface area (Å²) in [4.78, 5) is 0. The summed E-state index contributed by atoms with van der Waals surface area (Å²) in [5, 5.41) is 6.10. The second-order valence-electron chi connectivity index (χ2n) is 7.09. The molecule has 148 valence electrons. The summed E-state index contributed by atoms with van der Waals surface area (Å²) < 4.78 is 15.4. The van der Waals surface area contributed by atoms with Crippen LogP contribution in [0.4, 0.5) is 4.39 Å². The highest BCUT2D eigenvalue weighted by atomic mass is 35.5. The van der Waals surface area contributed by atoms with Crippen molar-refractivity contribution in [3.8, 4) is 0 Å². The Hall–Kier alpha value is -2.33. The lowest BCUT2D eigenvalue weighted by atomic mass is 10.1. The number of fused-ring (bicyclic) bond motifs is 1. The van der Waals surface area contributed by atoms with Crippen molar-refractivity contribution in [3.63, 3.8) is 0 Å². The van der Waals surface area contributed by atoms with E-state index in [1.807, 2.05) is 30.3 Å². The van der Waals surface area contributed by atoms with E-state index in [2.05, 4.69) is 34.3 Å². The highest BCUT2D eigenvalue weighted by molar-refractivity contribution is 6.35. The van der Waals surface area contributed by atoms with Gasteiger partial charge in [-0.1, -0.05) is 59.6 Å². The highest BCUT2D eigenvalue weighted by Crippen LogP contribution is 2.23. The number of hydrogen-bond acceptors (Lipinski definition) is 1. The van der Waals surface area contributed by atoms with E-state index in [0.717, 1.165) is 30.6 Å². The number of nitrogens with zero attached hydrogens (tertiary/aromatic N) is 1. The number of hydrogen-bond donors (Lipinski definition) is 1. The van der Waals surface area contributed by atoms with Crippen molar-refractivity contribution in [1.82, 2.24) is 9.88 Å². The minimum atomic E-state index is -0.211. The Morgan fingerprint density at radius 1 is 0.897 bits per heavy atom. The van der Waals surface area contributed by atoms with Gasteiger partial charge in [-0.3, -0.25) is 0 Å². The zero-order valence-corrected chi connectivity index (χ0v) is 17.3. The predicted octanol–water partition coefficient (Wildman–Crippen LogP) is 6.47. The van der Waals surface area contributed by atoms with E-state index >= 15 is 0 Å². The molecular weight excluding hydrogens is 406 g/mol. The molecule has 29 heavy (non-hydrogen) atoms. The molecule has 0 bridgehead atoms. The maximum atomic E-state index is 13.2. The maximum Gasteiger partial charge on any atom is 0.123 e. The lowest BCUT2D eigenvalue weighted by Gasteiger charge is -2.07. The molecule has 4 aromatic rings. The van der Waals surface area contributed by atoms with Gasteiger partial charge in [-0.25, -0.2) is 4.39 Å². The van der Waals surface area contributed by atoms with Crippen LogP contribution in [0.3, 0.4) is 0 Å². The Bertz CT molecular complexity index is 1120. The van der Waals surface area contributed by atoms with Crippen molar-refractivity contribution in [2.24, 2.45) is 0 Å². The molecule has 0 amide bonds. The molecule has 1 N–H and O–H groups in total. The van der Waals surface area contributed by atoms with Gasteiger partial charge in [-0.2, -0.15) is 0 Å². The fourth-order valence-electron chi connectivity index (χ4n) is 3.55. The Labute approximate surface area is 179 Å². The summed E-state index contributed by atoms with van der Waals surface area (Å²) >= 11 is 12.2. The monoisotopic (exact) mass is 426 g/mol. The summed E-state index contributed by atoms with van der Waals surface area (Å²) in [5.41, 5.74) is 4.57.